The van der Waals surface area contributed by atoms with Gasteiger partial charge in [0.15, 0.2) is 0 Å². The molecule has 1 N–H and O–H groups in total. The summed E-state index contributed by atoms with van der Waals surface area (Å²) >= 11 is 0. The number of nitrogens with zero attached hydrogens (tertiary/aromatic N) is 1. The summed E-state index contributed by atoms with van der Waals surface area (Å²) in [6, 6.07) is 21.7. The van der Waals surface area contributed by atoms with E-state index < -0.39 is 8.07 Å². The van der Waals surface area contributed by atoms with Gasteiger partial charge in [0.25, 0.3) is 0 Å². The van der Waals surface area contributed by atoms with Crippen molar-refractivity contribution in [2.75, 3.05) is 5.32 Å². The molecule has 0 saturated carbocycles. The van der Waals surface area contributed by atoms with Gasteiger partial charge < -0.3 is 5.32 Å². The van der Waals surface area contributed by atoms with Gasteiger partial charge in [-0.1, -0.05) is 74.2 Å². The van der Waals surface area contributed by atoms with Crippen molar-refractivity contribution in [2.45, 2.75) is 51.4 Å². The highest BCUT2D eigenvalue weighted by Crippen LogP contribution is 2.27. The molecule has 0 bridgehead atoms. The molecule has 1 amide bonds. The van der Waals surface area contributed by atoms with Gasteiger partial charge in [-0.2, -0.15) is 0 Å². The molecule has 0 fully saturated rings. The Bertz CT molecular complexity index is 929. The van der Waals surface area contributed by atoms with Gasteiger partial charge in [0.05, 0.1) is 11.2 Å². The maximum absolute atomic E-state index is 12.9. The van der Waals surface area contributed by atoms with Crippen LogP contribution in [-0.2, 0) is 11.2 Å². The number of nitrogens with one attached hydrogen (secondary N) is 1. The van der Waals surface area contributed by atoms with Crippen molar-refractivity contribution in [1.82, 2.24) is 4.98 Å². The maximum atomic E-state index is 12.9. The molecule has 3 aromatic rings. The number of amides is 1. The SMILES string of the molecule is C[Si](C)(C)CC(CCCc1ccccc1)CC(=O)Nc1cccc2cccnc12. The highest BCUT2D eigenvalue weighted by atomic mass is 28.3. The Morgan fingerprint density at radius 3 is 2.52 bits per heavy atom. The number of hydrogen-bond acceptors (Lipinski definition) is 2. The Morgan fingerprint density at radius 1 is 1.00 bits per heavy atom. The van der Waals surface area contributed by atoms with Crippen LogP contribution in [0.4, 0.5) is 5.69 Å². The summed E-state index contributed by atoms with van der Waals surface area (Å²) in [5, 5.41) is 4.17. The van der Waals surface area contributed by atoms with Gasteiger partial charge in [-0.3, -0.25) is 9.78 Å². The Hall–Kier alpha value is -2.46. The van der Waals surface area contributed by atoms with E-state index in [0.717, 1.165) is 35.9 Å². The first-order valence-electron chi connectivity index (χ1n) is 10.6. The molecule has 152 valence electrons. The van der Waals surface area contributed by atoms with Crippen molar-refractivity contribution >= 4 is 30.6 Å². The Labute approximate surface area is 175 Å². The summed E-state index contributed by atoms with van der Waals surface area (Å²) in [4.78, 5) is 17.3. The molecule has 1 atom stereocenters. The Balaban J connectivity index is 1.62. The third kappa shape index (κ3) is 6.82. The molecule has 0 aliphatic carbocycles. The zero-order valence-corrected chi connectivity index (χ0v) is 18.8. The molecule has 29 heavy (non-hydrogen) atoms. The van der Waals surface area contributed by atoms with E-state index in [1.807, 2.05) is 30.3 Å². The lowest BCUT2D eigenvalue weighted by Gasteiger charge is -2.24. The van der Waals surface area contributed by atoms with Gasteiger partial charge in [0.2, 0.25) is 5.91 Å². The predicted octanol–water partition coefficient (Wildman–Crippen LogP) is 6.54. The normalized spacial score (nSPS) is 12.7. The van der Waals surface area contributed by atoms with E-state index in [-0.39, 0.29) is 5.91 Å². The fourth-order valence-corrected chi connectivity index (χ4v) is 6.13. The van der Waals surface area contributed by atoms with E-state index >= 15 is 0 Å². The van der Waals surface area contributed by atoms with Gasteiger partial charge in [0.1, 0.15) is 0 Å². The Morgan fingerprint density at radius 2 is 1.76 bits per heavy atom. The van der Waals surface area contributed by atoms with Crippen molar-refractivity contribution in [3.05, 3.63) is 72.4 Å². The number of anilines is 1. The molecule has 0 saturated heterocycles. The number of pyridine rings is 1. The zero-order chi connectivity index (χ0) is 20.7. The maximum Gasteiger partial charge on any atom is 0.224 e. The third-order valence-corrected chi connectivity index (χ3v) is 7.00. The van der Waals surface area contributed by atoms with E-state index in [1.165, 1.54) is 11.6 Å². The summed E-state index contributed by atoms with van der Waals surface area (Å²) in [7, 11) is -1.24. The molecule has 0 aliphatic rings. The van der Waals surface area contributed by atoms with Gasteiger partial charge in [0, 0.05) is 26.1 Å². The number of hydrogen-bond donors (Lipinski definition) is 1. The van der Waals surface area contributed by atoms with Crippen LogP contribution in [0.2, 0.25) is 25.7 Å². The minimum atomic E-state index is -1.24. The lowest BCUT2D eigenvalue weighted by Crippen LogP contribution is -2.27. The summed E-state index contributed by atoms with van der Waals surface area (Å²) < 4.78 is 0. The van der Waals surface area contributed by atoms with E-state index in [9.17, 15) is 4.79 Å². The second kappa shape index (κ2) is 9.84. The minimum absolute atomic E-state index is 0.103. The number of benzene rings is 2. The first kappa shape index (κ1) is 21.3. The summed E-state index contributed by atoms with van der Waals surface area (Å²) in [5.74, 6) is 0.541. The molecule has 0 aliphatic heterocycles. The Kier molecular flexibility index (Phi) is 7.21. The van der Waals surface area contributed by atoms with E-state index in [0.29, 0.717) is 12.3 Å². The fourth-order valence-electron chi connectivity index (χ4n) is 4.05. The van der Waals surface area contributed by atoms with Crippen LogP contribution in [0, 0.1) is 5.92 Å². The first-order valence-corrected chi connectivity index (χ1v) is 14.3. The third-order valence-electron chi connectivity index (χ3n) is 5.20. The number of fused-ring (bicyclic) bond motifs is 1. The van der Waals surface area contributed by atoms with Crippen molar-refractivity contribution in [3.63, 3.8) is 0 Å². The van der Waals surface area contributed by atoms with Crippen LogP contribution in [0.5, 0.6) is 0 Å². The molecular weight excluding hydrogens is 372 g/mol. The second-order valence-electron chi connectivity index (χ2n) is 9.14. The smallest absolute Gasteiger partial charge is 0.224 e. The van der Waals surface area contributed by atoms with Crippen LogP contribution in [-0.4, -0.2) is 19.0 Å². The van der Waals surface area contributed by atoms with E-state index in [2.05, 4.69) is 60.3 Å². The van der Waals surface area contributed by atoms with Crippen LogP contribution in [0.3, 0.4) is 0 Å². The van der Waals surface area contributed by atoms with Crippen LogP contribution in [0.15, 0.2) is 66.9 Å². The fraction of sp³-hybridized carbons (Fsp3) is 0.360. The number of aromatic nitrogens is 1. The average Bonchev–Trinajstić information content (AvgIpc) is 2.68. The molecule has 3 rings (SSSR count). The van der Waals surface area contributed by atoms with Crippen LogP contribution in [0.25, 0.3) is 10.9 Å². The minimum Gasteiger partial charge on any atom is -0.324 e. The topological polar surface area (TPSA) is 42.0 Å². The van der Waals surface area contributed by atoms with Gasteiger partial charge in [-0.15, -0.1) is 0 Å². The quantitative estimate of drug-likeness (QED) is 0.411. The van der Waals surface area contributed by atoms with Crippen LogP contribution < -0.4 is 5.32 Å². The standard InChI is InChI=1S/C25H32N2OSi/c1-29(2,3)19-21(13-7-12-20-10-5-4-6-11-20)18-24(28)27-23-16-8-14-22-15-9-17-26-25(22)23/h4-6,8-11,14-17,21H,7,12-13,18-19H2,1-3H3,(H,27,28). The molecule has 0 spiro atoms. The number of rotatable bonds is 9. The molecular formula is C25H32N2OSi. The highest BCUT2D eigenvalue weighted by molar-refractivity contribution is 6.76. The zero-order valence-electron chi connectivity index (χ0n) is 17.8. The monoisotopic (exact) mass is 404 g/mol. The lowest BCUT2D eigenvalue weighted by atomic mass is 9.97. The number of carbonyl (C=O) groups is 1. The van der Waals surface area contributed by atoms with Gasteiger partial charge >= 0.3 is 0 Å². The summed E-state index contributed by atoms with van der Waals surface area (Å²) in [6.07, 6.45) is 5.67. The molecule has 4 heteroatoms. The van der Waals surface area contributed by atoms with E-state index in [1.54, 1.807) is 6.20 Å². The molecule has 1 heterocycles. The van der Waals surface area contributed by atoms with Crippen LogP contribution >= 0.6 is 0 Å². The molecule has 1 aromatic heterocycles. The number of carbonyl (C=O) groups excluding carboxylic acids is 1. The van der Waals surface area contributed by atoms with Crippen LogP contribution in [0.1, 0.15) is 24.8 Å². The summed E-state index contributed by atoms with van der Waals surface area (Å²) in [6.45, 7) is 7.18. The molecule has 2 aromatic carbocycles. The second-order valence-corrected chi connectivity index (χ2v) is 14.7. The van der Waals surface area contributed by atoms with Gasteiger partial charge in [-0.05, 0) is 42.9 Å². The molecule has 3 nitrogen and oxygen atoms in total. The number of aryl methyl sites for hydroxylation is 1. The number of para-hydroxylation sites is 1. The van der Waals surface area contributed by atoms with Crippen molar-refractivity contribution in [3.8, 4) is 0 Å². The largest absolute Gasteiger partial charge is 0.324 e. The first-order chi connectivity index (χ1) is 13.9. The van der Waals surface area contributed by atoms with Crippen molar-refractivity contribution in [2.24, 2.45) is 5.92 Å². The summed E-state index contributed by atoms with van der Waals surface area (Å²) in [5.41, 5.74) is 3.05. The van der Waals surface area contributed by atoms with E-state index in [4.69, 9.17) is 0 Å². The predicted molar refractivity (Wildman–Crippen MR) is 126 cm³/mol. The average molecular weight is 405 g/mol. The lowest BCUT2D eigenvalue weighted by molar-refractivity contribution is -0.117. The van der Waals surface area contributed by atoms with Crippen molar-refractivity contribution < 1.29 is 4.79 Å². The molecule has 1 unspecified atom stereocenters. The van der Waals surface area contributed by atoms with Crippen molar-refractivity contribution in [1.29, 1.82) is 0 Å². The highest BCUT2D eigenvalue weighted by Gasteiger charge is 2.23. The van der Waals surface area contributed by atoms with Gasteiger partial charge in [-0.25, -0.2) is 0 Å². The molecule has 0 radical (unpaired) electrons.